The summed E-state index contributed by atoms with van der Waals surface area (Å²) in [5.74, 6) is -0.103. The number of unbranched alkanes of at least 4 members (excludes halogenated alkanes) is 43. The number of aliphatic hydroxyl groups excluding tert-OH is 2. The van der Waals surface area contributed by atoms with E-state index in [0.717, 1.165) is 51.4 Å². The van der Waals surface area contributed by atoms with Crippen molar-refractivity contribution in [2.24, 2.45) is 0 Å². The first-order chi connectivity index (χ1) is 34.5. The van der Waals surface area contributed by atoms with Gasteiger partial charge in [0.25, 0.3) is 0 Å². The van der Waals surface area contributed by atoms with Gasteiger partial charge in [-0.2, -0.15) is 0 Å². The number of carbonyl (C=O) groups is 2. The van der Waals surface area contributed by atoms with Crippen LogP contribution in [0.25, 0.3) is 0 Å². The van der Waals surface area contributed by atoms with Gasteiger partial charge >= 0.3 is 5.97 Å². The van der Waals surface area contributed by atoms with Crippen LogP contribution >= 0.6 is 0 Å². The van der Waals surface area contributed by atoms with Crippen LogP contribution in [0.2, 0.25) is 0 Å². The van der Waals surface area contributed by atoms with Gasteiger partial charge in [0, 0.05) is 12.8 Å². The predicted octanol–water partition coefficient (Wildman–Crippen LogP) is 19.6. The second-order valence-electron chi connectivity index (χ2n) is 21.4. The molecule has 0 saturated heterocycles. The van der Waals surface area contributed by atoms with E-state index in [1.54, 1.807) is 6.08 Å². The first kappa shape index (κ1) is 68.1. The summed E-state index contributed by atoms with van der Waals surface area (Å²) < 4.78 is 5.43. The molecule has 0 saturated carbocycles. The fourth-order valence-corrected chi connectivity index (χ4v) is 9.65. The summed E-state index contributed by atoms with van der Waals surface area (Å²) in [4.78, 5) is 24.5. The second-order valence-corrected chi connectivity index (χ2v) is 21.4. The van der Waals surface area contributed by atoms with Gasteiger partial charge < -0.3 is 20.3 Å². The Morgan fingerprint density at radius 1 is 0.400 bits per heavy atom. The molecule has 0 aliphatic rings. The Morgan fingerprint density at radius 2 is 0.714 bits per heavy atom. The molecule has 70 heavy (non-hydrogen) atoms. The lowest BCUT2D eigenvalue weighted by Crippen LogP contribution is -2.45. The van der Waals surface area contributed by atoms with E-state index >= 15 is 0 Å². The number of amides is 1. The molecule has 2 unspecified atom stereocenters. The van der Waals surface area contributed by atoms with Crippen molar-refractivity contribution in [3.63, 3.8) is 0 Å². The second kappa shape index (κ2) is 59.6. The maximum atomic E-state index is 12.5. The smallest absolute Gasteiger partial charge is 0.305 e. The van der Waals surface area contributed by atoms with Crippen molar-refractivity contribution in [2.45, 2.75) is 347 Å². The van der Waals surface area contributed by atoms with Gasteiger partial charge in [0.2, 0.25) is 5.91 Å². The minimum atomic E-state index is -0.848. The maximum Gasteiger partial charge on any atom is 0.305 e. The van der Waals surface area contributed by atoms with E-state index < -0.39 is 12.1 Å². The maximum absolute atomic E-state index is 12.5. The van der Waals surface area contributed by atoms with Crippen molar-refractivity contribution in [2.75, 3.05) is 13.2 Å². The van der Waals surface area contributed by atoms with Crippen LogP contribution in [0.5, 0.6) is 0 Å². The Morgan fingerprint density at radius 3 is 1.09 bits per heavy atom. The number of hydrogen-bond acceptors (Lipinski definition) is 5. The number of esters is 1. The average Bonchev–Trinajstić information content (AvgIpc) is 3.36. The first-order valence-electron chi connectivity index (χ1n) is 31.3. The van der Waals surface area contributed by atoms with Gasteiger partial charge in [0.1, 0.15) is 0 Å². The highest BCUT2D eigenvalue weighted by Gasteiger charge is 2.18. The van der Waals surface area contributed by atoms with Crippen molar-refractivity contribution < 1.29 is 24.5 Å². The van der Waals surface area contributed by atoms with Crippen molar-refractivity contribution in [3.05, 3.63) is 36.5 Å². The molecule has 0 fully saturated rings. The third kappa shape index (κ3) is 55.4. The van der Waals surface area contributed by atoms with E-state index in [9.17, 15) is 19.8 Å². The SMILES string of the molecule is CCCCCCCCCCCCCCC/C=C/C(O)C(CO)NC(=O)CCCCCCCCCCCCCCCC/C=C\C/C=C\CCOC(=O)CCCCCCCCCCCCCCCCCCC. The van der Waals surface area contributed by atoms with Crippen LogP contribution in [0.1, 0.15) is 335 Å². The van der Waals surface area contributed by atoms with Crippen LogP contribution in [0, 0.1) is 0 Å². The number of nitrogens with one attached hydrogen (secondary N) is 1. The van der Waals surface area contributed by atoms with E-state index in [-0.39, 0.29) is 18.5 Å². The lowest BCUT2D eigenvalue weighted by Gasteiger charge is -2.20. The van der Waals surface area contributed by atoms with E-state index in [1.165, 1.54) is 257 Å². The molecule has 2 atom stereocenters. The largest absolute Gasteiger partial charge is 0.465 e. The molecule has 0 heterocycles. The molecule has 412 valence electrons. The molecule has 6 heteroatoms. The summed E-state index contributed by atoms with van der Waals surface area (Å²) in [7, 11) is 0. The van der Waals surface area contributed by atoms with Gasteiger partial charge in [-0.25, -0.2) is 0 Å². The Balaban J connectivity index is 3.46. The van der Waals surface area contributed by atoms with Crippen molar-refractivity contribution in [1.82, 2.24) is 5.32 Å². The van der Waals surface area contributed by atoms with Gasteiger partial charge in [0.15, 0.2) is 0 Å². The highest BCUT2D eigenvalue weighted by molar-refractivity contribution is 5.76. The monoisotopic (exact) mass is 984 g/mol. The molecule has 0 radical (unpaired) electrons. The van der Waals surface area contributed by atoms with Crippen molar-refractivity contribution in [3.8, 4) is 0 Å². The Kier molecular flexibility index (Phi) is 58.0. The molecule has 1 amide bonds. The van der Waals surface area contributed by atoms with E-state index in [4.69, 9.17) is 4.74 Å². The topological polar surface area (TPSA) is 95.9 Å². The lowest BCUT2D eigenvalue weighted by atomic mass is 10.0. The zero-order chi connectivity index (χ0) is 50.7. The quantitative estimate of drug-likeness (QED) is 0.0321. The summed E-state index contributed by atoms with van der Waals surface area (Å²) >= 11 is 0. The van der Waals surface area contributed by atoms with Gasteiger partial charge in [-0.1, -0.05) is 307 Å². The molecule has 0 aromatic rings. The molecule has 6 nitrogen and oxygen atoms in total. The van der Waals surface area contributed by atoms with Crippen molar-refractivity contribution in [1.29, 1.82) is 0 Å². The van der Waals surface area contributed by atoms with Crippen LogP contribution < -0.4 is 5.32 Å². The van der Waals surface area contributed by atoms with Crippen LogP contribution in [-0.4, -0.2) is 47.4 Å². The van der Waals surface area contributed by atoms with Crippen LogP contribution in [0.4, 0.5) is 0 Å². The molecule has 3 N–H and O–H groups in total. The average molecular weight is 985 g/mol. The van der Waals surface area contributed by atoms with Crippen LogP contribution in [0.15, 0.2) is 36.5 Å². The fraction of sp³-hybridized carbons (Fsp3) is 0.875. The van der Waals surface area contributed by atoms with Crippen molar-refractivity contribution >= 4 is 11.9 Å². The Hall–Kier alpha value is -1.92. The number of carbonyl (C=O) groups excluding carboxylic acids is 2. The normalized spacial score (nSPS) is 12.8. The standard InChI is InChI=1S/C64H121NO5/c1-3-5-7-9-11-13-15-17-19-25-30-34-38-42-46-50-54-58-64(69)70-59-55-51-47-43-39-35-31-27-24-22-20-21-23-26-29-33-37-41-45-49-53-57-63(68)65-61(60-66)62(67)56-52-48-44-40-36-32-28-18-16-14-12-10-8-6-4-2/h35,39,47,51-52,56,61-62,66-67H,3-34,36-38,40-46,48-50,53-55,57-60H2,1-2H3,(H,65,68)/b39-35-,51-47-,56-52+. The Labute approximate surface area is 436 Å². The van der Waals surface area contributed by atoms with E-state index in [1.807, 2.05) is 6.08 Å². The lowest BCUT2D eigenvalue weighted by molar-refractivity contribution is -0.143. The zero-order valence-corrected chi connectivity index (χ0v) is 47.0. The minimum Gasteiger partial charge on any atom is -0.465 e. The molecular weight excluding hydrogens is 863 g/mol. The van der Waals surface area contributed by atoms with Crippen LogP contribution in [-0.2, 0) is 14.3 Å². The molecule has 0 aliphatic heterocycles. The number of hydrogen-bond donors (Lipinski definition) is 3. The van der Waals surface area contributed by atoms with Gasteiger partial charge in [-0.3, -0.25) is 9.59 Å². The Bertz CT molecular complexity index is 1130. The molecule has 0 rings (SSSR count). The first-order valence-corrected chi connectivity index (χ1v) is 31.3. The van der Waals surface area contributed by atoms with Gasteiger partial charge in [-0.05, 0) is 51.4 Å². The van der Waals surface area contributed by atoms with E-state index in [2.05, 4.69) is 43.5 Å². The number of rotatable bonds is 58. The summed E-state index contributed by atoms with van der Waals surface area (Å²) in [6.07, 6.45) is 74.9. The highest BCUT2D eigenvalue weighted by atomic mass is 16.5. The zero-order valence-electron chi connectivity index (χ0n) is 47.0. The minimum absolute atomic E-state index is 0.0318. The fourth-order valence-electron chi connectivity index (χ4n) is 9.65. The molecule has 0 bridgehead atoms. The molecule has 0 spiro atoms. The summed E-state index contributed by atoms with van der Waals surface area (Å²) in [5, 5.41) is 23.1. The summed E-state index contributed by atoms with van der Waals surface area (Å²) in [5.41, 5.74) is 0. The third-order valence-electron chi connectivity index (χ3n) is 14.4. The molecular formula is C64H121NO5. The number of allylic oxidation sites excluding steroid dienone is 4. The predicted molar refractivity (Wildman–Crippen MR) is 306 cm³/mol. The number of aliphatic hydroxyl groups is 2. The van der Waals surface area contributed by atoms with Gasteiger partial charge in [0.05, 0.1) is 25.4 Å². The third-order valence-corrected chi connectivity index (χ3v) is 14.4. The van der Waals surface area contributed by atoms with Gasteiger partial charge in [-0.15, -0.1) is 0 Å². The number of ether oxygens (including phenoxy) is 1. The van der Waals surface area contributed by atoms with Crippen LogP contribution in [0.3, 0.4) is 0 Å². The molecule has 0 aromatic carbocycles. The van der Waals surface area contributed by atoms with E-state index in [0.29, 0.717) is 19.4 Å². The summed E-state index contributed by atoms with van der Waals surface area (Å²) in [6, 6.07) is -0.632. The molecule has 0 aliphatic carbocycles. The summed E-state index contributed by atoms with van der Waals surface area (Å²) in [6.45, 7) is 4.81. The molecule has 0 aromatic heterocycles. The highest BCUT2D eigenvalue weighted by Crippen LogP contribution is 2.17.